The van der Waals surface area contributed by atoms with Gasteiger partial charge in [0, 0.05) is 40.0 Å². The average molecular weight is 420 g/mol. The van der Waals surface area contributed by atoms with E-state index in [0.29, 0.717) is 23.8 Å². The van der Waals surface area contributed by atoms with Crippen LogP contribution in [0.2, 0.25) is 0 Å². The number of fused-ring (bicyclic) bond motifs is 2. The fraction of sp³-hybridized carbons (Fsp3) is 0.478. The molecule has 0 aromatic carbocycles. The molecule has 6 nitrogen and oxygen atoms in total. The van der Waals surface area contributed by atoms with Gasteiger partial charge in [-0.25, -0.2) is 14.6 Å². The van der Waals surface area contributed by atoms with Crippen molar-refractivity contribution in [1.29, 1.82) is 0 Å². The van der Waals surface area contributed by atoms with Crippen LogP contribution in [0.5, 0.6) is 0 Å². The number of rotatable bonds is 4. The highest BCUT2D eigenvalue weighted by atomic mass is 32.1. The van der Waals surface area contributed by atoms with Crippen LogP contribution in [0.15, 0.2) is 24.5 Å². The zero-order valence-electron chi connectivity index (χ0n) is 17.3. The van der Waals surface area contributed by atoms with Crippen LogP contribution in [0.25, 0.3) is 17.2 Å². The minimum Gasteiger partial charge on any atom is -0.335 e. The van der Waals surface area contributed by atoms with Crippen LogP contribution >= 0.6 is 11.3 Å². The van der Waals surface area contributed by atoms with Crippen LogP contribution < -0.4 is 0 Å². The second kappa shape index (κ2) is 6.74. The molecule has 2 bridgehead atoms. The van der Waals surface area contributed by atoms with Crippen molar-refractivity contribution in [3.63, 3.8) is 0 Å². The Morgan fingerprint density at radius 3 is 2.73 bits per heavy atom. The molecule has 3 aromatic rings. The van der Waals surface area contributed by atoms with Gasteiger partial charge in [-0.2, -0.15) is 5.10 Å². The molecule has 3 aromatic heterocycles. The van der Waals surface area contributed by atoms with Crippen molar-refractivity contribution in [1.82, 2.24) is 24.6 Å². The zero-order chi connectivity index (χ0) is 20.4. The van der Waals surface area contributed by atoms with E-state index in [1.165, 1.54) is 22.6 Å². The number of likely N-dealkylation sites (tertiary alicyclic amines) is 1. The highest BCUT2D eigenvalue weighted by molar-refractivity contribution is 7.12. The first-order valence-electron chi connectivity index (χ1n) is 10.9. The molecule has 4 heterocycles. The molecule has 1 aliphatic heterocycles. The van der Waals surface area contributed by atoms with Gasteiger partial charge in [0.25, 0.3) is 11.9 Å². The van der Waals surface area contributed by atoms with Gasteiger partial charge in [0.1, 0.15) is 0 Å². The largest absolute Gasteiger partial charge is 0.335 e. The van der Waals surface area contributed by atoms with E-state index in [1.807, 2.05) is 10.7 Å². The summed E-state index contributed by atoms with van der Waals surface area (Å²) in [5.74, 6) is 1.77. The van der Waals surface area contributed by atoms with Gasteiger partial charge < -0.3 is 4.90 Å². The van der Waals surface area contributed by atoms with Gasteiger partial charge in [0.05, 0.1) is 23.1 Å². The van der Waals surface area contributed by atoms with Gasteiger partial charge in [0.15, 0.2) is 0 Å². The Balaban J connectivity index is 1.39. The minimum absolute atomic E-state index is 0.149. The molecule has 7 heteroatoms. The molecule has 1 amide bonds. The topological polar surface area (TPSA) is 63.9 Å². The second-order valence-electron chi connectivity index (χ2n) is 8.99. The van der Waals surface area contributed by atoms with Gasteiger partial charge >= 0.3 is 0 Å². The van der Waals surface area contributed by atoms with Crippen molar-refractivity contribution in [2.75, 3.05) is 6.54 Å². The molecule has 2 saturated carbocycles. The van der Waals surface area contributed by atoms with E-state index >= 15 is 0 Å². The van der Waals surface area contributed by atoms with E-state index < -0.39 is 0 Å². The van der Waals surface area contributed by atoms with Crippen molar-refractivity contribution in [3.8, 4) is 17.2 Å². The predicted molar refractivity (Wildman–Crippen MR) is 116 cm³/mol. The van der Waals surface area contributed by atoms with Gasteiger partial charge in [-0.1, -0.05) is 0 Å². The van der Waals surface area contributed by atoms with Gasteiger partial charge in [0.2, 0.25) is 0 Å². The van der Waals surface area contributed by atoms with Crippen LogP contribution in [0.1, 0.15) is 63.8 Å². The molecule has 6 rings (SSSR count). The summed E-state index contributed by atoms with van der Waals surface area (Å²) in [6, 6.07) is 4.54. The van der Waals surface area contributed by atoms with Crippen LogP contribution in [-0.4, -0.2) is 43.1 Å². The first-order valence-corrected chi connectivity index (χ1v) is 11.7. The maximum Gasteiger partial charge on any atom is 0.257 e. The van der Waals surface area contributed by atoms with E-state index in [2.05, 4.69) is 34.9 Å². The van der Waals surface area contributed by atoms with Crippen LogP contribution in [0.3, 0.4) is 0 Å². The molecule has 0 N–H and O–H groups in total. The number of thiophene rings is 1. The van der Waals surface area contributed by atoms with Crippen LogP contribution in [-0.2, 0) is 0 Å². The van der Waals surface area contributed by atoms with E-state index in [9.17, 15) is 4.79 Å². The summed E-state index contributed by atoms with van der Waals surface area (Å²) in [7, 11) is 0. The number of aryl methyl sites for hydroxylation is 2. The molecule has 1 saturated heterocycles. The van der Waals surface area contributed by atoms with Crippen molar-refractivity contribution in [2.24, 2.45) is 5.92 Å². The monoisotopic (exact) mass is 419 g/mol. The Hall–Kier alpha value is -2.54. The number of hydrogen-bond acceptors (Lipinski definition) is 5. The molecule has 3 fully saturated rings. The lowest BCUT2D eigenvalue weighted by Gasteiger charge is -2.27. The smallest absolute Gasteiger partial charge is 0.257 e. The first kappa shape index (κ1) is 18.2. The number of carbonyl (C=O) groups excluding carboxylic acids is 1. The van der Waals surface area contributed by atoms with Gasteiger partial charge in [-0.3, -0.25) is 4.79 Å². The maximum atomic E-state index is 13.4. The molecule has 0 spiro atoms. The molecule has 154 valence electrons. The Kier molecular flexibility index (Phi) is 4.10. The van der Waals surface area contributed by atoms with Gasteiger partial charge in [-0.05, 0) is 64.0 Å². The Bertz CT molecular complexity index is 1140. The molecular formula is C23H25N5OS. The number of piperidine rings is 1. The van der Waals surface area contributed by atoms with E-state index in [4.69, 9.17) is 4.98 Å². The fourth-order valence-electron chi connectivity index (χ4n) is 5.25. The lowest BCUT2D eigenvalue weighted by atomic mass is 10.1. The number of aromatic nitrogens is 4. The van der Waals surface area contributed by atoms with Crippen molar-refractivity contribution >= 4 is 17.2 Å². The molecule has 2 atom stereocenters. The predicted octanol–water partition coefficient (Wildman–Crippen LogP) is 4.51. The zero-order valence-corrected chi connectivity index (χ0v) is 18.2. The lowest BCUT2D eigenvalue weighted by Crippen LogP contribution is -2.38. The molecule has 30 heavy (non-hydrogen) atoms. The van der Waals surface area contributed by atoms with E-state index in [1.54, 1.807) is 23.7 Å². The van der Waals surface area contributed by atoms with Gasteiger partial charge in [-0.15, -0.1) is 11.3 Å². The average Bonchev–Trinajstić information content (AvgIpc) is 3.11. The summed E-state index contributed by atoms with van der Waals surface area (Å²) >= 11 is 1.78. The molecule has 2 unspecified atom stereocenters. The Morgan fingerprint density at radius 1 is 1.20 bits per heavy atom. The Morgan fingerprint density at radius 2 is 2.07 bits per heavy atom. The molecule has 3 aliphatic rings. The highest BCUT2D eigenvalue weighted by Crippen LogP contribution is 2.44. The standard InChI is InChI=1S/C23H25N5OS/c1-13-9-18(14(2)30-13)20-7-8-24-23(26-20)28-21(16-4-5-16)19(11-25-28)22(29)27-12-15-3-6-17(27)10-15/h7-9,11,15-17H,3-6,10,12H2,1-2H3. The van der Waals surface area contributed by atoms with E-state index in [0.717, 1.165) is 48.3 Å². The van der Waals surface area contributed by atoms with E-state index in [-0.39, 0.29) is 5.91 Å². The van der Waals surface area contributed by atoms with Crippen LogP contribution in [0.4, 0.5) is 0 Å². The maximum absolute atomic E-state index is 13.4. The van der Waals surface area contributed by atoms with Crippen molar-refractivity contribution < 1.29 is 4.79 Å². The number of carbonyl (C=O) groups is 1. The minimum atomic E-state index is 0.149. The quantitative estimate of drug-likeness (QED) is 0.624. The fourth-order valence-corrected chi connectivity index (χ4v) is 6.18. The summed E-state index contributed by atoms with van der Waals surface area (Å²) in [6.45, 7) is 5.14. The second-order valence-corrected chi connectivity index (χ2v) is 10.4. The summed E-state index contributed by atoms with van der Waals surface area (Å²) in [6.07, 6.45) is 9.32. The number of hydrogen-bond donors (Lipinski definition) is 0. The molecular weight excluding hydrogens is 394 g/mol. The Labute approximate surface area is 180 Å². The lowest BCUT2D eigenvalue weighted by molar-refractivity contribution is 0.0702. The summed E-state index contributed by atoms with van der Waals surface area (Å²) in [4.78, 5) is 27.4. The summed E-state index contributed by atoms with van der Waals surface area (Å²) in [5.41, 5.74) is 3.80. The van der Waals surface area contributed by atoms with Crippen molar-refractivity contribution in [3.05, 3.63) is 45.5 Å². The molecule has 0 radical (unpaired) electrons. The first-order chi connectivity index (χ1) is 14.6. The summed E-state index contributed by atoms with van der Waals surface area (Å²) in [5, 5.41) is 4.61. The normalized spacial score (nSPS) is 22.8. The third-order valence-electron chi connectivity index (χ3n) is 6.82. The third-order valence-corrected chi connectivity index (χ3v) is 7.79. The third kappa shape index (κ3) is 2.90. The van der Waals surface area contributed by atoms with Crippen molar-refractivity contribution in [2.45, 2.75) is 57.9 Å². The molecule has 2 aliphatic carbocycles. The number of nitrogens with zero attached hydrogens (tertiary/aromatic N) is 5. The number of amides is 1. The van der Waals surface area contributed by atoms with Crippen LogP contribution in [0, 0.1) is 19.8 Å². The summed E-state index contributed by atoms with van der Waals surface area (Å²) < 4.78 is 1.82. The SMILES string of the molecule is Cc1cc(-c2ccnc(-n3ncc(C(=O)N4CC5CCC4C5)c3C3CC3)n2)c(C)s1. The highest BCUT2D eigenvalue weighted by Gasteiger charge is 2.43.